The summed E-state index contributed by atoms with van der Waals surface area (Å²) in [6.45, 7) is 0. The third-order valence-corrected chi connectivity index (χ3v) is 2.33. The summed E-state index contributed by atoms with van der Waals surface area (Å²) in [5.74, 6) is 0.544. The Labute approximate surface area is 112 Å². The summed E-state index contributed by atoms with van der Waals surface area (Å²) < 4.78 is 0. The predicted octanol–water partition coefficient (Wildman–Crippen LogP) is 2.88. The van der Waals surface area contributed by atoms with E-state index in [2.05, 4.69) is 0 Å². The topological polar surface area (TPSA) is 105 Å². The molecule has 0 heterocycles. The molecule has 0 unspecified atom stereocenters. The molecule has 0 fully saturated rings. The Bertz CT molecular complexity index is 566. The van der Waals surface area contributed by atoms with Gasteiger partial charge in [0.2, 0.25) is 0 Å². The molecule has 0 aliphatic heterocycles. The van der Waals surface area contributed by atoms with Crippen LogP contribution in [0.1, 0.15) is 0 Å². The lowest BCUT2D eigenvalue weighted by Crippen LogP contribution is -2.00. The molecule has 0 saturated heterocycles. The quantitative estimate of drug-likeness (QED) is 0.472. The van der Waals surface area contributed by atoms with Crippen molar-refractivity contribution in [3.05, 3.63) is 68.8 Å². The van der Waals surface area contributed by atoms with Crippen molar-refractivity contribution in [1.29, 1.82) is 0 Å². The molecule has 2 aromatic carbocycles. The number of rotatable bonds is 5. The average molecular weight is 276 g/mol. The van der Waals surface area contributed by atoms with Crippen molar-refractivity contribution >= 4 is 11.4 Å². The summed E-state index contributed by atoms with van der Waals surface area (Å²) in [5, 5.41) is 20.9. The van der Waals surface area contributed by atoms with Gasteiger partial charge in [-0.3, -0.25) is 30.0 Å². The summed E-state index contributed by atoms with van der Waals surface area (Å²) >= 11 is 0. The summed E-state index contributed by atoms with van der Waals surface area (Å²) in [6.07, 6.45) is 0. The van der Waals surface area contributed by atoms with Crippen LogP contribution in [0, 0.1) is 20.2 Å². The minimum atomic E-state index is -0.527. The first-order valence-electron chi connectivity index (χ1n) is 5.40. The highest BCUT2D eigenvalue weighted by Crippen LogP contribution is 2.20. The third kappa shape index (κ3) is 3.19. The Balaban J connectivity index is 1.97. The van der Waals surface area contributed by atoms with E-state index in [-0.39, 0.29) is 22.9 Å². The second-order valence-corrected chi connectivity index (χ2v) is 3.67. The number of hydrogen-bond donors (Lipinski definition) is 0. The first-order chi connectivity index (χ1) is 9.56. The van der Waals surface area contributed by atoms with Gasteiger partial charge in [0.05, 0.1) is 9.85 Å². The molecule has 2 aromatic rings. The Morgan fingerprint density at radius 3 is 1.20 bits per heavy atom. The fourth-order valence-corrected chi connectivity index (χ4v) is 1.34. The number of nitrogens with zero attached hydrogens (tertiary/aromatic N) is 2. The van der Waals surface area contributed by atoms with Crippen LogP contribution in [0.4, 0.5) is 11.4 Å². The van der Waals surface area contributed by atoms with Crippen molar-refractivity contribution < 1.29 is 19.6 Å². The highest BCUT2D eigenvalue weighted by atomic mass is 17.2. The molecule has 0 amide bonds. The molecular formula is C12H8N2O6. The molecule has 20 heavy (non-hydrogen) atoms. The van der Waals surface area contributed by atoms with Gasteiger partial charge >= 0.3 is 0 Å². The lowest BCUT2D eigenvalue weighted by molar-refractivity contribution is -0.385. The molecule has 0 bridgehead atoms. The van der Waals surface area contributed by atoms with E-state index in [0.717, 1.165) is 0 Å². The van der Waals surface area contributed by atoms with Crippen LogP contribution in [-0.2, 0) is 0 Å². The normalized spacial score (nSPS) is 9.80. The van der Waals surface area contributed by atoms with Gasteiger partial charge in [0, 0.05) is 24.3 Å². The molecule has 0 atom stereocenters. The van der Waals surface area contributed by atoms with E-state index in [4.69, 9.17) is 9.78 Å². The van der Waals surface area contributed by atoms with Crippen LogP contribution in [0.3, 0.4) is 0 Å². The third-order valence-electron chi connectivity index (χ3n) is 2.33. The maximum atomic E-state index is 10.5. The maximum Gasteiger partial charge on any atom is 0.269 e. The van der Waals surface area contributed by atoms with Crippen LogP contribution in [0.2, 0.25) is 0 Å². The summed E-state index contributed by atoms with van der Waals surface area (Å²) in [5.41, 5.74) is -0.125. The first kappa shape index (κ1) is 13.3. The lowest BCUT2D eigenvalue weighted by Gasteiger charge is -2.04. The molecule has 8 nitrogen and oxygen atoms in total. The molecule has 102 valence electrons. The Morgan fingerprint density at radius 2 is 0.950 bits per heavy atom. The minimum Gasteiger partial charge on any atom is -0.290 e. The number of benzene rings is 2. The minimum absolute atomic E-state index is 0.0623. The Kier molecular flexibility index (Phi) is 3.75. The van der Waals surface area contributed by atoms with Crippen molar-refractivity contribution in [3.63, 3.8) is 0 Å². The van der Waals surface area contributed by atoms with Crippen molar-refractivity contribution in [2.75, 3.05) is 0 Å². The number of non-ortho nitro benzene ring substituents is 2. The first-order valence-corrected chi connectivity index (χ1v) is 5.40. The molecule has 2 rings (SSSR count). The molecule has 0 spiro atoms. The van der Waals surface area contributed by atoms with Gasteiger partial charge in [0.25, 0.3) is 11.4 Å². The molecule has 0 radical (unpaired) electrons. The Morgan fingerprint density at radius 1 is 0.650 bits per heavy atom. The molecule has 0 saturated carbocycles. The highest BCUT2D eigenvalue weighted by Gasteiger charge is 2.07. The molecule has 0 N–H and O–H groups in total. The SMILES string of the molecule is O=[N+]([O-])c1ccc(OOc2ccc([N+](=O)[O-])cc2)cc1. The summed E-state index contributed by atoms with van der Waals surface area (Å²) in [4.78, 5) is 29.7. The average Bonchev–Trinajstić information content (AvgIpc) is 2.46. The van der Waals surface area contributed by atoms with E-state index in [9.17, 15) is 20.2 Å². The van der Waals surface area contributed by atoms with E-state index in [1.807, 2.05) is 0 Å². The van der Waals surface area contributed by atoms with Crippen LogP contribution in [0.25, 0.3) is 0 Å². The molecule has 0 aromatic heterocycles. The van der Waals surface area contributed by atoms with Gasteiger partial charge in [-0.25, -0.2) is 0 Å². The van der Waals surface area contributed by atoms with Gasteiger partial charge in [-0.1, -0.05) is 0 Å². The van der Waals surface area contributed by atoms with Gasteiger partial charge in [0.1, 0.15) is 0 Å². The second kappa shape index (κ2) is 5.65. The van der Waals surface area contributed by atoms with Gasteiger partial charge in [-0.2, -0.15) is 0 Å². The largest absolute Gasteiger partial charge is 0.290 e. The lowest BCUT2D eigenvalue weighted by atomic mass is 10.3. The zero-order chi connectivity index (χ0) is 14.5. The van der Waals surface area contributed by atoms with Crippen LogP contribution >= 0.6 is 0 Å². The summed E-state index contributed by atoms with van der Waals surface area (Å²) in [6, 6.07) is 10.6. The zero-order valence-corrected chi connectivity index (χ0v) is 9.96. The second-order valence-electron chi connectivity index (χ2n) is 3.67. The van der Waals surface area contributed by atoms with Crippen LogP contribution in [0.15, 0.2) is 48.5 Å². The molecule has 0 aliphatic carbocycles. The van der Waals surface area contributed by atoms with Crippen LogP contribution in [-0.4, -0.2) is 9.85 Å². The smallest absolute Gasteiger partial charge is 0.269 e. The number of hydrogen-bond acceptors (Lipinski definition) is 6. The van der Waals surface area contributed by atoms with E-state index in [1.165, 1.54) is 48.5 Å². The van der Waals surface area contributed by atoms with Crippen molar-refractivity contribution in [1.82, 2.24) is 0 Å². The maximum absolute atomic E-state index is 10.5. The zero-order valence-electron chi connectivity index (χ0n) is 9.96. The predicted molar refractivity (Wildman–Crippen MR) is 67.4 cm³/mol. The van der Waals surface area contributed by atoms with Crippen molar-refractivity contribution in [2.45, 2.75) is 0 Å². The fourth-order valence-electron chi connectivity index (χ4n) is 1.34. The monoisotopic (exact) mass is 276 g/mol. The van der Waals surface area contributed by atoms with Gasteiger partial charge in [-0.15, -0.1) is 0 Å². The highest BCUT2D eigenvalue weighted by molar-refractivity contribution is 5.37. The van der Waals surface area contributed by atoms with Crippen LogP contribution in [0.5, 0.6) is 11.5 Å². The summed E-state index contributed by atoms with van der Waals surface area (Å²) in [7, 11) is 0. The van der Waals surface area contributed by atoms with E-state index < -0.39 is 9.85 Å². The molecular weight excluding hydrogens is 268 g/mol. The van der Waals surface area contributed by atoms with E-state index >= 15 is 0 Å². The number of nitro benzene ring substituents is 2. The standard InChI is InChI=1S/C12H8N2O6/c15-13(16)9-1-5-11(6-2-9)19-20-12-7-3-10(4-8-12)14(17)18/h1-8H. The van der Waals surface area contributed by atoms with E-state index in [0.29, 0.717) is 0 Å². The van der Waals surface area contributed by atoms with Crippen molar-refractivity contribution in [3.8, 4) is 11.5 Å². The van der Waals surface area contributed by atoms with E-state index in [1.54, 1.807) is 0 Å². The van der Waals surface area contributed by atoms with Gasteiger partial charge < -0.3 is 0 Å². The Hall–Kier alpha value is -3.16. The van der Waals surface area contributed by atoms with Gasteiger partial charge in [0.15, 0.2) is 11.5 Å². The fraction of sp³-hybridized carbons (Fsp3) is 0. The molecule has 0 aliphatic rings. The van der Waals surface area contributed by atoms with Crippen LogP contribution < -0.4 is 9.78 Å². The molecule has 8 heteroatoms. The number of nitro groups is 2. The van der Waals surface area contributed by atoms with Crippen molar-refractivity contribution in [2.24, 2.45) is 0 Å². The van der Waals surface area contributed by atoms with Gasteiger partial charge in [-0.05, 0) is 24.3 Å².